The van der Waals surface area contributed by atoms with Crippen LogP contribution in [0.1, 0.15) is 18.9 Å². The van der Waals surface area contributed by atoms with E-state index in [0.717, 1.165) is 29.1 Å². The monoisotopic (exact) mass is 280 g/mol. The Hall–Kier alpha value is -2.55. The highest BCUT2D eigenvalue weighted by Crippen LogP contribution is 2.12. The maximum Gasteiger partial charge on any atom is 0.118 e. The van der Waals surface area contributed by atoms with Crippen molar-refractivity contribution in [3.05, 3.63) is 66.2 Å². The summed E-state index contributed by atoms with van der Waals surface area (Å²) in [6, 6.07) is 17.9. The number of methoxy groups -OCH3 is 1. The minimum absolute atomic E-state index is 0.863. The zero-order valence-corrected chi connectivity index (χ0v) is 12.4. The summed E-state index contributed by atoms with van der Waals surface area (Å²) in [6.07, 6.45) is 4.94. The Kier molecular flexibility index (Phi) is 5.59. The van der Waals surface area contributed by atoms with Crippen LogP contribution in [0.15, 0.2) is 65.8 Å². The van der Waals surface area contributed by atoms with E-state index >= 15 is 0 Å². The van der Waals surface area contributed by atoms with Crippen LogP contribution in [0.4, 0.5) is 5.69 Å². The van der Waals surface area contributed by atoms with Crippen molar-refractivity contribution in [2.75, 3.05) is 12.5 Å². The summed E-state index contributed by atoms with van der Waals surface area (Å²) in [4.78, 5) is 0. The Labute approximate surface area is 126 Å². The van der Waals surface area contributed by atoms with Gasteiger partial charge in [-0.3, -0.25) is 5.43 Å². The predicted octanol–water partition coefficient (Wildman–Crippen LogP) is 4.59. The van der Waals surface area contributed by atoms with Gasteiger partial charge in [-0.15, -0.1) is 0 Å². The number of hydrazone groups is 1. The number of allylic oxidation sites excluding steroid dienone is 1. The largest absolute Gasteiger partial charge is 0.497 e. The van der Waals surface area contributed by atoms with Gasteiger partial charge in [-0.1, -0.05) is 43.3 Å². The molecule has 0 heterocycles. The summed E-state index contributed by atoms with van der Waals surface area (Å²) >= 11 is 0. The molecule has 21 heavy (non-hydrogen) atoms. The van der Waals surface area contributed by atoms with E-state index in [1.165, 1.54) is 0 Å². The topological polar surface area (TPSA) is 33.6 Å². The zero-order valence-electron chi connectivity index (χ0n) is 12.4. The fourth-order valence-electron chi connectivity index (χ4n) is 1.79. The van der Waals surface area contributed by atoms with Crippen molar-refractivity contribution in [1.29, 1.82) is 0 Å². The van der Waals surface area contributed by atoms with Gasteiger partial charge >= 0.3 is 0 Å². The second kappa shape index (κ2) is 7.90. The third-order valence-corrected chi connectivity index (χ3v) is 3.05. The van der Waals surface area contributed by atoms with Gasteiger partial charge in [0.05, 0.1) is 18.5 Å². The van der Waals surface area contributed by atoms with Gasteiger partial charge in [0.25, 0.3) is 0 Å². The van der Waals surface area contributed by atoms with E-state index < -0.39 is 0 Å². The minimum Gasteiger partial charge on any atom is -0.497 e. The number of ether oxygens (including phenoxy) is 1. The van der Waals surface area contributed by atoms with Crippen LogP contribution in [-0.2, 0) is 0 Å². The average Bonchev–Trinajstić information content (AvgIpc) is 2.56. The van der Waals surface area contributed by atoms with Crippen LogP contribution in [0.2, 0.25) is 0 Å². The highest BCUT2D eigenvalue weighted by Gasteiger charge is 1.93. The van der Waals surface area contributed by atoms with E-state index in [9.17, 15) is 0 Å². The normalized spacial score (nSPS) is 11.6. The highest BCUT2D eigenvalue weighted by molar-refractivity contribution is 5.98. The maximum absolute atomic E-state index is 5.15. The number of benzene rings is 2. The summed E-state index contributed by atoms with van der Waals surface area (Å²) in [5.41, 5.74) is 6.17. The summed E-state index contributed by atoms with van der Waals surface area (Å²) in [6.45, 7) is 2.09. The molecule has 0 aliphatic rings. The molecule has 0 fully saturated rings. The van der Waals surface area contributed by atoms with Gasteiger partial charge in [0.15, 0.2) is 0 Å². The van der Waals surface area contributed by atoms with Crippen LogP contribution in [0, 0.1) is 0 Å². The highest BCUT2D eigenvalue weighted by atomic mass is 16.5. The average molecular weight is 280 g/mol. The number of nitrogens with zero attached hydrogens (tertiary/aromatic N) is 1. The third-order valence-electron chi connectivity index (χ3n) is 3.05. The Morgan fingerprint density at radius 1 is 1.10 bits per heavy atom. The van der Waals surface area contributed by atoms with Crippen molar-refractivity contribution in [2.24, 2.45) is 5.10 Å². The molecule has 3 nitrogen and oxygen atoms in total. The van der Waals surface area contributed by atoms with Crippen molar-refractivity contribution in [2.45, 2.75) is 13.3 Å². The van der Waals surface area contributed by atoms with Gasteiger partial charge in [-0.05, 0) is 42.3 Å². The summed E-state index contributed by atoms with van der Waals surface area (Å²) < 4.78 is 5.15. The summed E-state index contributed by atoms with van der Waals surface area (Å²) in [5.74, 6) is 0.863. The minimum atomic E-state index is 0.863. The number of hydrogen-bond donors (Lipinski definition) is 1. The molecule has 0 aliphatic carbocycles. The molecule has 0 unspecified atom stereocenters. The molecule has 1 N–H and O–H groups in total. The fraction of sp³-hybridized carbons (Fsp3) is 0.167. The molecule has 0 radical (unpaired) electrons. The Bertz CT molecular complexity index is 601. The molecular formula is C18H20N2O. The van der Waals surface area contributed by atoms with E-state index in [2.05, 4.69) is 23.5 Å². The molecular weight excluding hydrogens is 260 g/mol. The van der Waals surface area contributed by atoms with Gasteiger partial charge in [0.1, 0.15) is 5.75 Å². The lowest BCUT2D eigenvalue weighted by atomic mass is 10.1. The number of para-hydroxylation sites is 1. The van der Waals surface area contributed by atoms with Crippen LogP contribution in [0.25, 0.3) is 6.08 Å². The molecule has 0 atom stereocenters. The second-order valence-corrected chi connectivity index (χ2v) is 4.54. The first kappa shape index (κ1) is 14.9. The Balaban J connectivity index is 2.01. The lowest BCUT2D eigenvalue weighted by Gasteiger charge is -2.02. The molecule has 108 valence electrons. The molecule has 0 saturated carbocycles. The molecule has 0 spiro atoms. The van der Waals surface area contributed by atoms with Gasteiger partial charge in [-0.2, -0.15) is 5.10 Å². The SMILES string of the molecule is CCC(/C=C\c1ccc(OC)cc1)=N/Nc1ccccc1. The first-order valence-corrected chi connectivity index (χ1v) is 7.01. The van der Waals surface area contributed by atoms with Crippen LogP contribution in [-0.4, -0.2) is 12.8 Å². The van der Waals surface area contributed by atoms with Crippen molar-refractivity contribution in [3.8, 4) is 5.75 Å². The van der Waals surface area contributed by atoms with Crippen LogP contribution >= 0.6 is 0 Å². The molecule has 0 amide bonds. The molecule has 0 aromatic heterocycles. The van der Waals surface area contributed by atoms with Gasteiger partial charge in [0.2, 0.25) is 0 Å². The van der Waals surface area contributed by atoms with Crippen molar-refractivity contribution >= 4 is 17.5 Å². The first-order valence-electron chi connectivity index (χ1n) is 7.01. The standard InChI is InChI=1S/C18H20N2O/c1-3-16(19-20-17-7-5-4-6-8-17)12-9-15-10-13-18(21-2)14-11-15/h4-14,20H,3H2,1-2H3/b12-9-,19-16-. The van der Waals surface area contributed by atoms with Crippen LogP contribution in [0.5, 0.6) is 5.75 Å². The molecule has 2 rings (SSSR count). The molecule has 3 heteroatoms. The van der Waals surface area contributed by atoms with Gasteiger partial charge in [0, 0.05) is 0 Å². The van der Waals surface area contributed by atoms with E-state index in [1.54, 1.807) is 7.11 Å². The van der Waals surface area contributed by atoms with E-state index in [1.807, 2.05) is 60.7 Å². The molecule has 2 aromatic rings. The van der Waals surface area contributed by atoms with Crippen molar-refractivity contribution < 1.29 is 4.74 Å². The molecule has 0 saturated heterocycles. The van der Waals surface area contributed by atoms with Crippen molar-refractivity contribution in [1.82, 2.24) is 0 Å². The number of anilines is 1. The summed E-state index contributed by atoms with van der Waals surface area (Å²) in [7, 11) is 1.67. The fourth-order valence-corrected chi connectivity index (χ4v) is 1.79. The van der Waals surface area contributed by atoms with Crippen LogP contribution in [0.3, 0.4) is 0 Å². The summed E-state index contributed by atoms with van der Waals surface area (Å²) in [5, 5.41) is 4.42. The lowest BCUT2D eigenvalue weighted by molar-refractivity contribution is 0.415. The maximum atomic E-state index is 5.15. The second-order valence-electron chi connectivity index (χ2n) is 4.54. The number of rotatable bonds is 6. The molecule has 2 aromatic carbocycles. The van der Waals surface area contributed by atoms with E-state index in [-0.39, 0.29) is 0 Å². The van der Waals surface area contributed by atoms with Crippen LogP contribution < -0.4 is 10.2 Å². The molecule has 0 aliphatic heterocycles. The zero-order chi connectivity index (χ0) is 14.9. The lowest BCUT2D eigenvalue weighted by Crippen LogP contribution is -1.97. The number of nitrogens with one attached hydrogen (secondary N) is 1. The van der Waals surface area contributed by atoms with Gasteiger partial charge < -0.3 is 4.74 Å². The van der Waals surface area contributed by atoms with Gasteiger partial charge in [-0.25, -0.2) is 0 Å². The van der Waals surface area contributed by atoms with E-state index in [4.69, 9.17) is 4.74 Å². The number of hydrogen-bond acceptors (Lipinski definition) is 3. The first-order chi connectivity index (χ1) is 10.3. The predicted molar refractivity (Wildman–Crippen MR) is 89.8 cm³/mol. The third kappa shape index (κ3) is 4.80. The Morgan fingerprint density at radius 3 is 2.43 bits per heavy atom. The molecule has 0 bridgehead atoms. The van der Waals surface area contributed by atoms with E-state index in [0.29, 0.717) is 0 Å². The van der Waals surface area contributed by atoms with Crippen molar-refractivity contribution in [3.63, 3.8) is 0 Å². The smallest absolute Gasteiger partial charge is 0.118 e. The quantitative estimate of drug-likeness (QED) is 0.620. The Morgan fingerprint density at radius 2 is 1.81 bits per heavy atom.